The van der Waals surface area contributed by atoms with E-state index < -0.39 is 0 Å². The number of nitrogens with one attached hydrogen (secondary N) is 1. The maximum absolute atomic E-state index is 11.8. The van der Waals surface area contributed by atoms with E-state index in [1.54, 1.807) is 7.11 Å². The zero-order chi connectivity index (χ0) is 13.5. The van der Waals surface area contributed by atoms with Gasteiger partial charge in [-0.15, -0.1) is 0 Å². The van der Waals surface area contributed by atoms with Crippen molar-refractivity contribution in [2.75, 3.05) is 19.0 Å². The van der Waals surface area contributed by atoms with Crippen molar-refractivity contribution in [2.24, 2.45) is 11.7 Å². The third kappa shape index (κ3) is 4.37. The van der Waals surface area contributed by atoms with Crippen LogP contribution in [0, 0.1) is 12.8 Å². The molecule has 0 heterocycles. The number of nitrogens with two attached hydrogens (primary N) is 1. The molecule has 0 aliphatic heterocycles. The lowest BCUT2D eigenvalue weighted by atomic mass is 10.1. The molecular formula is C14H22N2O2. The second-order valence-electron chi connectivity index (χ2n) is 4.63. The number of rotatable bonds is 6. The number of amides is 1. The molecule has 18 heavy (non-hydrogen) atoms. The van der Waals surface area contributed by atoms with E-state index in [-0.39, 0.29) is 5.91 Å². The number of hydrogen-bond donors (Lipinski definition) is 2. The molecule has 1 unspecified atom stereocenters. The summed E-state index contributed by atoms with van der Waals surface area (Å²) in [4.78, 5) is 11.8. The molecule has 100 valence electrons. The quantitative estimate of drug-likeness (QED) is 0.814. The second kappa shape index (κ2) is 7.01. The summed E-state index contributed by atoms with van der Waals surface area (Å²) in [5, 5.41) is 2.88. The molecule has 0 aromatic heterocycles. The van der Waals surface area contributed by atoms with Crippen molar-refractivity contribution >= 4 is 11.6 Å². The number of carbonyl (C=O) groups excluding carboxylic acids is 1. The van der Waals surface area contributed by atoms with E-state index in [9.17, 15) is 4.79 Å². The SMILES string of the molecule is COc1ccc(C)cc1NC(=O)CCC(C)CN. The smallest absolute Gasteiger partial charge is 0.224 e. The van der Waals surface area contributed by atoms with E-state index in [1.165, 1.54) is 0 Å². The van der Waals surface area contributed by atoms with Gasteiger partial charge in [0.15, 0.2) is 0 Å². The molecule has 0 aliphatic rings. The number of methoxy groups -OCH3 is 1. The highest BCUT2D eigenvalue weighted by molar-refractivity contribution is 5.92. The number of hydrogen-bond acceptors (Lipinski definition) is 3. The van der Waals surface area contributed by atoms with Gasteiger partial charge in [0.2, 0.25) is 5.91 Å². The van der Waals surface area contributed by atoms with Crippen LogP contribution in [0.3, 0.4) is 0 Å². The van der Waals surface area contributed by atoms with E-state index in [0.717, 1.165) is 17.7 Å². The third-order valence-electron chi connectivity index (χ3n) is 2.90. The molecule has 3 N–H and O–H groups in total. The van der Waals surface area contributed by atoms with E-state index in [4.69, 9.17) is 10.5 Å². The summed E-state index contributed by atoms with van der Waals surface area (Å²) in [6.45, 7) is 4.63. The Labute approximate surface area is 109 Å². The minimum Gasteiger partial charge on any atom is -0.495 e. The second-order valence-corrected chi connectivity index (χ2v) is 4.63. The number of ether oxygens (including phenoxy) is 1. The molecule has 0 saturated carbocycles. The molecule has 4 nitrogen and oxygen atoms in total. The van der Waals surface area contributed by atoms with Crippen LogP contribution in [-0.2, 0) is 4.79 Å². The maximum atomic E-state index is 11.8. The van der Waals surface area contributed by atoms with Crippen molar-refractivity contribution < 1.29 is 9.53 Å². The van der Waals surface area contributed by atoms with E-state index >= 15 is 0 Å². The Bertz CT molecular complexity index is 405. The van der Waals surface area contributed by atoms with Gasteiger partial charge in [0.25, 0.3) is 0 Å². The first kappa shape index (κ1) is 14.5. The average Bonchev–Trinajstić information content (AvgIpc) is 2.36. The predicted octanol–water partition coefficient (Wildman–Crippen LogP) is 2.32. The molecule has 1 amide bonds. The Kier molecular flexibility index (Phi) is 5.65. The largest absolute Gasteiger partial charge is 0.495 e. The van der Waals surface area contributed by atoms with Crippen molar-refractivity contribution in [3.05, 3.63) is 23.8 Å². The van der Waals surface area contributed by atoms with Gasteiger partial charge in [-0.05, 0) is 43.5 Å². The standard InChI is InChI=1S/C14H22N2O2/c1-10-4-6-13(18-3)12(8-10)16-14(17)7-5-11(2)9-15/h4,6,8,11H,5,7,9,15H2,1-3H3,(H,16,17). The van der Waals surface area contributed by atoms with Gasteiger partial charge < -0.3 is 15.8 Å². The minimum absolute atomic E-state index is 0.000741. The maximum Gasteiger partial charge on any atom is 0.224 e. The lowest BCUT2D eigenvalue weighted by Gasteiger charge is -2.12. The summed E-state index contributed by atoms with van der Waals surface area (Å²) in [5.74, 6) is 1.05. The topological polar surface area (TPSA) is 64.3 Å². The first-order valence-electron chi connectivity index (χ1n) is 6.21. The first-order chi connectivity index (χ1) is 8.56. The zero-order valence-electron chi connectivity index (χ0n) is 11.3. The lowest BCUT2D eigenvalue weighted by molar-refractivity contribution is -0.116. The highest BCUT2D eigenvalue weighted by atomic mass is 16.5. The van der Waals surface area contributed by atoms with Crippen LogP contribution in [0.5, 0.6) is 5.75 Å². The molecule has 4 heteroatoms. The summed E-state index contributed by atoms with van der Waals surface area (Å²) in [7, 11) is 1.59. The molecular weight excluding hydrogens is 228 g/mol. The van der Waals surface area contributed by atoms with Crippen molar-refractivity contribution in [3.63, 3.8) is 0 Å². The van der Waals surface area contributed by atoms with Crippen LogP contribution in [-0.4, -0.2) is 19.6 Å². The normalized spacial score (nSPS) is 12.0. The highest BCUT2D eigenvalue weighted by Gasteiger charge is 2.09. The number of carbonyl (C=O) groups is 1. The Morgan fingerprint density at radius 1 is 1.50 bits per heavy atom. The highest BCUT2D eigenvalue weighted by Crippen LogP contribution is 2.25. The first-order valence-corrected chi connectivity index (χ1v) is 6.21. The summed E-state index contributed by atoms with van der Waals surface area (Å²) in [6.07, 6.45) is 1.28. The van der Waals surface area contributed by atoms with Crippen LogP contribution in [0.15, 0.2) is 18.2 Å². The van der Waals surface area contributed by atoms with E-state index in [0.29, 0.717) is 24.6 Å². The van der Waals surface area contributed by atoms with E-state index in [1.807, 2.05) is 32.0 Å². The molecule has 0 saturated heterocycles. The van der Waals surface area contributed by atoms with Crippen molar-refractivity contribution in [1.29, 1.82) is 0 Å². The predicted molar refractivity (Wildman–Crippen MR) is 73.8 cm³/mol. The van der Waals surface area contributed by atoms with Gasteiger partial charge >= 0.3 is 0 Å². The summed E-state index contributed by atoms with van der Waals surface area (Å²) >= 11 is 0. The Hall–Kier alpha value is -1.55. The van der Waals surface area contributed by atoms with Gasteiger partial charge in [-0.1, -0.05) is 13.0 Å². The fourth-order valence-electron chi connectivity index (χ4n) is 1.63. The number of benzene rings is 1. The van der Waals surface area contributed by atoms with Crippen LogP contribution in [0.4, 0.5) is 5.69 Å². The molecule has 1 atom stereocenters. The van der Waals surface area contributed by atoms with Gasteiger partial charge in [-0.3, -0.25) is 4.79 Å². The van der Waals surface area contributed by atoms with Crippen LogP contribution in [0.2, 0.25) is 0 Å². The van der Waals surface area contributed by atoms with E-state index in [2.05, 4.69) is 5.32 Å². The molecule has 0 aliphatic carbocycles. The lowest BCUT2D eigenvalue weighted by Crippen LogP contribution is -2.16. The zero-order valence-corrected chi connectivity index (χ0v) is 11.3. The molecule has 0 fully saturated rings. The Balaban J connectivity index is 2.61. The number of aryl methyl sites for hydroxylation is 1. The van der Waals surface area contributed by atoms with Gasteiger partial charge in [-0.2, -0.15) is 0 Å². The average molecular weight is 250 g/mol. The van der Waals surface area contributed by atoms with Gasteiger partial charge in [0, 0.05) is 6.42 Å². The van der Waals surface area contributed by atoms with Crippen LogP contribution < -0.4 is 15.8 Å². The molecule has 0 spiro atoms. The minimum atomic E-state index is -0.000741. The number of anilines is 1. The molecule has 1 aromatic rings. The van der Waals surface area contributed by atoms with Gasteiger partial charge in [0.05, 0.1) is 12.8 Å². The Morgan fingerprint density at radius 3 is 2.83 bits per heavy atom. The monoisotopic (exact) mass is 250 g/mol. The molecule has 1 rings (SSSR count). The van der Waals surface area contributed by atoms with Crippen LogP contribution in [0.25, 0.3) is 0 Å². The summed E-state index contributed by atoms with van der Waals surface area (Å²) < 4.78 is 5.21. The molecule has 1 aromatic carbocycles. The Morgan fingerprint density at radius 2 is 2.22 bits per heavy atom. The van der Waals surface area contributed by atoms with Crippen molar-refractivity contribution in [1.82, 2.24) is 0 Å². The third-order valence-corrected chi connectivity index (χ3v) is 2.90. The van der Waals surface area contributed by atoms with Crippen molar-refractivity contribution in [3.8, 4) is 5.75 Å². The van der Waals surface area contributed by atoms with Crippen molar-refractivity contribution in [2.45, 2.75) is 26.7 Å². The van der Waals surface area contributed by atoms with Crippen LogP contribution in [0.1, 0.15) is 25.3 Å². The van der Waals surface area contributed by atoms with Crippen LogP contribution >= 0.6 is 0 Å². The summed E-state index contributed by atoms with van der Waals surface area (Å²) in [5.41, 5.74) is 7.33. The van der Waals surface area contributed by atoms with Gasteiger partial charge in [0.1, 0.15) is 5.75 Å². The fraction of sp³-hybridized carbons (Fsp3) is 0.500. The van der Waals surface area contributed by atoms with Gasteiger partial charge in [-0.25, -0.2) is 0 Å². The fourth-order valence-corrected chi connectivity index (χ4v) is 1.63. The summed E-state index contributed by atoms with van der Waals surface area (Å²) in [6, 6.07) is 5.71. The molecule has 0 radical (unpaired) electrons. The molecule has 0 bridgehead atoms.